The first-order valence-electron chi connectivity index (χ1n) is 8.96. The summed E-state index contributed by atoms with van der Waals surface area (Å²) >= 11 is 0. The van der Waals surface area contributed by atoms with Crippen molar-refractivity contribution >= 4 is 16.9 Å². The van der Waals surface area contributed by atoms with E-state index < -0.39 is 0 Å². The normalized spacial score (nSPS) is 10.7. The van der Waals surface area contributed by atoms with Gasteiger partial charge in [-0.05, 0) is 36.2 Å². The second kappa shape index (κ2) is 7.92. The van der Waals surface area contributed by atoms with E-state index in [0.29, 0.717) is 18.7 Å². The molecule has 0 aliphatic rings. The highest BCUT2D eigenvalue weighted by Gasteiger charge is 2.18. The lowest BCUT2D eigenvalue weighted by Gasteiger charge is -2.22. The van der Waals surface area contributed by atoms with E-state index in [-0.39, 0.29) is 18.1 Å². The van der Waals surface area contributed by atoms with Crippen LogP contribution in [0.25, 0.3) is 11.0 Å². The lowest BCUT2D eigenvalue weighted by atomic mass is 10.1. The summed E-state index contributed by atoms with van der Waals surface area (Å²) in [6.07, 6.45) is 0.826. The fourth-order valence-electron chi connectivity index (χ4n) is 3.22. The minimum atomic E-state index is -0.195. The molecule has 138 valence electrons. The highest BCUT2D eigenvalue weighted by Crippen LogP contribution is 2.13. The average Bonchev–Trinajstić information content (AvgIpc) is 2.93. The zero-order valence-corrected chi connectivity index (χ0v) is 15.6. The number of nitriles is 1. The third-order valence-electron chi connectivity index (χ3n) is 4.65. The van der Waals surface area contributed by atoms with E-state index >= 15 is 0 Å². The molecule has 0 atom stereocenters. The van der Waals surface area contributed by atoms with Crippen LogP contribution in [0.4, 0.5) is 0 Å². The number of carbonyl (C=O) groups is 1. The molecule has 0 N–H and O–H groups in total. The Labute approximate surface area is 157 Å². The predicted octanol–water partition coefficient (Wildman–Crippen LogP) is 2.65. The van der Waals surface area contributed by atoms with E-state index in [1.54, 1.807) is 28.6 Å². The summed E-state index contributed by atoms with van der Waals surface area (Å²) in [4.78, 5) is 27.3. The van der Waals surface area contributed by atoms with Crippen LogP contribution in [0, 0.1) is 11.3 Å². The quantitative estimate of drug-likeness (QED) is 0.677. The molecule has 0 spiro atoms. The van der Waals surface area contributed by atoms with Gasteiger partial charge in [0.25, 0.3) is 0 Å². The van der Waals surface area contributed by atoms with E-state index in [9.17, 15) is 9.59 Å². The van der Waals surface area contributed by atoms with E-state index in [2.05, 4.69) is 6.07 Å². The van der Waals surface area contributed by atoms with Crippen molar-refractivity contribution < 1.29 is 4.79 Å². The average molecular weight is 362 g/mol. The molecule has 0 aliphatic heterocycles. The number of nitrogens with zero attached hydrogens (tertiary/aromatic N) is 4. The minimum absolute atomic E-state index is 0.0104. The lowest BCUT2D eigenvalue weighted by molar-refractivity contribution is -0.132. The molecule has 0 fully saturated rings. The number of rotatable bonds is 6. The molecule has 0 bridgehead atoms. The summed E-state index contributed by atoms with van der Waals surface area (Å²) in [6.45, 7) is 3.09. The SMILES string of the molecule is CCCN(Cc1ccc(C#N)cc1)C(=O)Cn1c(=O)n(C)c2ccccc21. The Hall–Kier alpha value is -3.33. The van der Waals surface area contributed by atoms with Crippen molar-refractivity contribution in [2.75, 3.05) is 6.54 Å². The van der Waals surface area contributed by atoms with Crippen LogP contribution in [0.5, 0.6) is 0 Å². The molecule has 27 heavy (non-hydrogen) atoms. The summed E-state index contributed by atoms with van der Waals surface area (Å²) in [5, 5.41) is 8.91. The van der Waals surface area contributed by atoms with E-state index in [0.717, 1.165) is 23.0 Å². The van der Waals surface area contributed by atoms with Crippen molar-refractivity contribution in [3.63, 3.8) is 0 Å². The van der Waals surface area contributed by atoms with Crippen LogP contribution in [-0.4, -0.2) is 26.5 Å². The fourth-order valence-corrected chi connectivity index (χ4v) is 3.22. The van der Waals surface area contributed by atoms with Crippen molar-refractivity contribution in [2.45, 2.75) is 26.4 Å². The summed E-state index contributed by atoms with van der Waals surface area (Å²) in [5.41, 5.74) is 2.92. The minimum Gasteiger partial charge on any atom is -0.337 e. The third-order valence-corrected chi connectivity index (χ3v) is 4.65. The molecule has 1 heterocycles. The Morgan fingerprint density at radius 2 is 1.78 bits per heavy atom. The maximum atomic E-state index is 12.9. The zero-order valence-electron chi connectivity index (χ0n) is 15.6. The molecule has 1 amide bonds. The number of carbonyl (C=O) groups excluding carboxylic acids is 1. The Balaban J connectivity index is 1.84. The molecule has 3 aromatic rings. The molecule has 6 nitrogen and oxygen atoms in total. The molecule has 0 saturated heterocycles. The van der Waals surface area contributed by atoms with Gasteiger partial charge in [0.05, 0.1) is 22.7 Å². The van der Waals surface area contributed by atoms with E-state index in [1.165, 1.54) is 4.57 Å². The second-order valence-electron chi connectivity index (χ2n) is 6.54. The zero-order chi connectivity index (χ0) is 19.4. The number of benzene rings is 2. The van der Waals surface area contributed by atoms with Crippen LogP contribution in [-0.2, 0) is 24.9 Å². The number of fused-ring (bicyclic) bond motifs is 1. The maximum Gasteiger partial charge on any atom is 0.329 e. The Morgan fingerprint density at radius 3 is 2.41 bits per heavy atom. The number of para-hydroxylation sites is 2. The van der Waals surface area contributed by atoms with E-state index in [4.69, 9.17) is 5.26 Å². The van der Waals surface area contributed by atoms with Gasteiger partial charge in [0.15, 0.2) is 0 Å². The van der Waals surface area contributed by atoms with Crippen molar-refractivity contribution in [1.82, 2.24) is 14.0 Å². The topological polar surface area (TPSA) is 71.0 Å². The smallest absolute Gasteiger partial charge is 0.329 e. The highest BCUT2D eigenvalue weighted by atomic mass is 16.2. The maximum absolute atomic E-state index is 12.9. The number of imidazole rings is 1. The largest absolute Gasteiger partial charge is 0.337 e. The van der Waals surface area contributed by atoms with Gasteiger partial charge in [0.2, 0.25) is 5.91 Å². The van der Waals surface area contributed by atoms with Crippen LogP contribution in [0.2, 0.25) is 0 Å². The van der Waals surface area contributed by atoms with Crippen LogP contribution in [0.15, 0.2) is 53.3 Å². The number of amides is 1. The van der Waals surface area contributed by atoms with Gasteiger partial charge in [-0.15, -0.1) is 0 Å². The monoisotopic (exact) mass is 362 g/mol. The van der Waals surface area contributed by atoms with Gasteiger partial charge in [0, 0.05) is 20.1 Å². The van der Waals surface area contributed by atoms with Crippen LogP contribution in [0.3, 0.4) is 0 Å². The van der Waals surface area contributed by atoms with Gasteiger partial charge in [-0.2, -0.15) is 5.26 Å². The molecule has 3 rings (SSSR count). The molecule has 6 heteroatoms. The summed E-state index contributed by atoms with van der Waals surface area (Å²) in [5.74, 6) is -0.0975. The molecular formula is C21H22N4O2. The van der Waals surface area contributed by atoms with Crippen molar-refractivity contribution in [3.8, 4) is 6.07 Å². The molecule has 1 aromatic heterocycles. The van der Waals surface area contributed by atoms with Gasteiger partial charge >= 0.3 is 5.69 Å². The second-order valence-corrected chi connectivity index (χ2v) is 6.54. The van der Waals surface area contributed by atoms with Gasteiger partial charge in [-0.1, -0.05) is 31.2 Å². The molecule has 0 unspecified atom stereocenters. The highest BCUT2D eigenvalue weighted by molar-refractivity contribution is 5.81. The number of hydrogen-bond acceptors (Lipinski definition) is 3. The Morgan fingerprint density at radius 1 is 1.11 bits per heavy atom. The summed E-state index contributed by atoms with van der Waals surface area (Å²) in [6, 6.07) is 16.8. The molecule has 0 saturated carbocycles. The van der Waals surface area contributed by atoms with Gasteiger partial charge in [-0.3, -0.25) is 13.9 Å². The number of aryl methyl sites for hydroxylation is 1. The Kier molecular flexibility index (Phi) is 5.41. The summed E-state index contributed by atoms with van der Waals surface area (Å²) < 4.78 is 3.09. The fraction of sp³-hybridized carbons (Fsp3) is 0.286. The first-order chi connectivity index (χ1) is 13.0. The standard InChI is InChI=1S/C21H22N4O2/c1-3-12-24(14-17-10-8-16(13-22)9-11-17)20(26)15-25-19-7-5-4-6-18(19)23(2)21(25)27/h4-11H,3,12,14-15H2,1-2H3. The molecule has 2 aromatic carbocycles. The van der Waals surface area contributed by atoms with Crippen molar-refractivity contribution in [3.05, 3.63) is 70.1 Å². The molecular weight excluding hydrogens is 340 g/mol. The first-order valence-corrected chi connectivity index (χ1v) is 8.96. The van der Waals surface area contributed by atoms with Gasteiger partial charge in [-0.25, -0.2) is 4.79 Å². The first kappa shape index (κ1) is 18.5. The Bertz CT molecular complexity index is 1050. The van der Waals surface area contributed by atoms with Crippen LogP contribution < -0.4 is 5.69 Å². The number of aromatic nitrogens is 2. The van der Waals surface area contributed by atoms with Crippen molar-refractivity contribution in [1.29, 1.82) is 5.26 Å². The van der Waals surface area contributed by atoms with Crippen LogP contribution >= 0.6 is 0 Å². The van der Waals surface area contributed by atoms with Gasteiger partial charge < -0.3 is 4.90 Å². The van der Waals surface area contributed by atoms with Crippen LogP contribution in [0.1, 0.15) is 24.5 Å². The van der Waals surface area contributed by atoms with E-state index in [1.807, 2.05) is 43.3 Å². The summed E-state index contributed by atoms with van der Waals surface area (Å²) in [7, 11) is 1.71. The number of hydrogen-bond donors (Lipinski definition) is 0. The predicted molar refractivity (Wildman–Crippen MR) is 104 cm³/mol. The molecule has 0 radical (unpaired) electrons. The van der Waals surface area contributed by atoms with Gasteiger partial charge in [0.1, 0.15) is 6.54 Å². The third kappa shape index (κ3) is 3.77. The molecule has 0 aliphatic carbocycles. The lowest BCUT2D eigenvalue weighted by Crippen LogP contribution is -2.36. The van der Waals surface area contributed by atoms with Crippen molar-refractivity contribution in [2.24, 2.45) is 7.05 Å².